The molecule has 1 aliphatic heterocycles. The molecule has 6 heteroatoms. The summed E-state index contributed by atoms with van der Waals surface area (Å²) in [5.74, 6) is -0.372. The average molecular weight is 341 g/mol. The number of carbonyl (C=O) groups excluding carboxylic acids is 1. The SMILES string of the molecule is O=C(N[C@@H]1C[C@@H]1c1ccccc1F)c1cc(N2CCOCC2)ccn1. The lowest BCUT2D eigenvalue weighted by molar-refractivity contribution is 0.0945. The molecule has 130 valence electrons. The van der Waals surface area contributed by atoms with Gasteiger partial charge in [-0.1, -0.05) is 18.2 Å². The average Bonchev–Trinajstić information content (AvgIpc) is 3.42. The summed E-state index contributed by atoms with van der Waals surface area (Å²) in [6, 6.07) is 10.4. The predicted octanol–water partition coefficient (Wildman–Crippen LogP) is 2.34. The largest absolute Gasteiger partial charge is 0.378 e. The Morgan fingerprint density at radius 1 is 1.24 bits per heavy atom. The zero-order chi connectivity index (χ0) is 17.2. The number of ether oxygens (including phenoxy) is 1. The van der Waals surface area contributed by atoms with Gasteiger partial charge in [0.1, 0.15) is 11.5 Å². The van der Waals surface area contributed by atoms with Crippen LogP contribution in [-0.2, 0) is 4.74 Å². The van der Waals surface area contributed by atoms with E-state index in [2.05, 4.69) is 15.2 Å². The number of aromatic nitrogens is 1. The van der Waals surface area contributed by atoms with Gasteiger partial charge in [-0.3, -0.25) is 9.78 Å². The van der Waals surface area contributed by atoms with Gasteiger partial charge >= 0.3 is 0 Å². The van der Waals surface area contributed by atoms with Gasteiger partial charge in [0.25, 0.3) is 5.91 Å². The fourth-order valence-corrected chi connectivity index (χ4v) is 3.28. The standard InChI is InChI=1S/C19H20FN3O2/c20-16-4-2-1-3-14(16)15-12-17(15)22-19(24)18-11-13(5-6-21-18)23-7-9-25-10-8-23/h1-6,11,15,17H,7-10,12H2,(H,22,24)/t15-,17-/m1/s1. The van der Waals surface area contributed by atoms with Crippen molar-refractivity contribution in [2.75, 3.05) is 31.2 Å². The second kappa shape index (κ2) is 6.80. The molecule has 1 saturated heterocycles. The van der Waals surface area contributed by atoms with Crippen LogP contribution in [0.2, 0.25) is 0 Å². The Morgan fingerprint density at radius 3 is 2.84 bits per heavy atom. The van der Waals surface area contributed by atoms with Gasteiger partial charge in [0, 0.05) is 36.9 Å². The lowest BCUT2D eigenvalue weighted by Gasteiger charge is -2.28. The third kappa shape index (κ3) is 3.49. The first-order chi connectivity index (χ1) is 12.2. The molecule has 1 amide bonds. The molecule has 0 spiro atoms. The number of anilines is 1. The van der Waals surface area contributed by atoms with Gasteiger partial charge in [-0.25, -0.2) is 4.39 Å². The highest BCUT2D eigenvalue weighted by Gasteiger charge is 2.41. The monoisotopic (exact) mass is 341 g/mol. The lowest BCUT2D eigenvalue weighted by Crippen LogP contribution is -2.36. The quantitative estimate of drug-likeness (QED) is 0.927. The summed E-state index contributed by atoms with van der Waals surface area (Å²) in [4.78, 5) is 18.8. The number of hydrogen-bond acceptors (Lipinski definition) is 4. The molecule has 5 nitrogen and oxygen atoms in total. The number of halogens is 1. The summed E-state index contributed by atoms with van der Waals surface area (Å²) in [5.41, 5.74) is 2.04. The van der Waals surface area contributed by atoms with Crippen LogP contribution >= 0.6 is 0 Å². The summed E-state index contributed by atoms with van der Waals surface area (Å²) >= 11 is 0. The first kappa shape index (κ1) is 16.0. The Morgan fingerprint density at radius 2 is 2.04 bits per heavy atom. The molecule has 2 heterocycles. The van der Waals surface area contributed by atoms with E-state index >= 15 is 0 Å². The highest BCUT2D eigenvalue weighted by atomic mass is 19.1. The van der Waals surface area contributed by atoms with Gasteiger partial charge in [0.05, 0.1) is 13.2 Å². The van der Waals surface area contributed by atoms with Crippen molar-refractivity contribution in [3.05, 3.63) is 59.7 Å². The Hall–Kier alpha value is -2.47. The number of nitrogens with one attached hydrogen (secondary N) is 1. The van der Waals surface area contributed by atoms with E-state index in [1.54, 1.807) is 24.4 Å². The minimum absolute atomic E-state index is 0.0294. The first-order valence-electron chi connectivity index (χ1n) is 8.56. The smallest absolute Gasteiger partial charge is 0.270 e. The Bertz CT molecular complexity index is 777. The number of morpholine rings is 1. The molecule has 1 N–H and O–H groups in total. The molecule has 2 atom stereocenters. The van der Waals surface area contributed by atoms with Crippen LogP contribution in [0, 0.1) is 5.82 Å². The van der Waals surface area contributed by atoms with Crippen LogP contribution in [0.5, 0.6) is 0 Å². The zero-order valence-corrected chi connectivity index (χ0v) is 13.8. The van der Waals surface area contributed by atoms with Crippen molar-refractivity contribution < 1.29 is 13.9 Å². The first-order valence-corrected chi connectivity index (χ1v) is 8.56. The van der Waals surface area contributed by atoms with Crippen molar-refractivity contribution in [1.29, 1.82) is 0 Å². The normalized spacial score (nSPS) is 22.5. The molecule has 1 aliphatic carbocycles. The van der Waals surface area contributed by atoms with Crippen LogP contribution in [0.25, 0.3) is 0 Å². The van der Waals surface area contributed by atoms with E-state index in [4.69, 9.17) is 4.74 Å². The van der Waals surface area contributed by atoms with Gasteiger partial charge in [-0.15, -0.1) is 0 Å². The summed E-state index contributed by atoms with van der Waals surface area (Å²) in [6.07, 6.45) is 2.41. The third-order valence-corrected chi connectivity index (χ3v) is 4.76. The Labute approximate surface area is 145 Å². The highest BCUT2D eigenvalue weighted by molar-refractivity contribution is 5.93. The number of amides is 1. The fraction of sp³-hybridized carbons (Fsp3) is 0.368. The maximum atomic E-state index is 13.8. The Balaban J connectivity index is 1.41. The minimum Gasteiger partial charge on any atom is -0.378 e. The molecule has 0 unspecified atom stereocenters. The van der Waals surface area contributed by atoms with Crippen molar-refractivity contribution in [2.45, 2.75) is 18.4 Å². The summed E-state index contributed by atoms with van der Waals surface area (Å²) in [7, 11) is 0. The van der Waals surface area contributed by atoms with Gasteiger partial charge in [0.2, 0.25) is 0 Å². The molecule has 1 aromatic carbocycles. The molecule has 1 aromatic heterocycles. The van der Waals surface area contributed by atoms with E-state index in [0.29, 0.717) is 24.5 Å². The van der Waals surface area contributed by atoms with Crippen molar-refractivity contribution in [2.24, 2.45) is 0 Å². The Kier molecular flexibility index (Phi) is 4.36. The van der Waals surface area contributed by atoms with E-state index in [0.717, 1.165) is 25.2 Å². The molecule has 2 aliphatic rings. The van der Waals surface area contributed by atoms with Crippen molar-refractivity contribution in [3.63, 3.8) is 0 Å². The number of benzene rings is 1. The van der Waals surface area contributed by atoms with E-state index < -0.39 is 0 Å². The molecule has 0 bridgehead atoms. The minimum atomic E-state index is -0.211. The number of hydrogen-bond donors (Lipinski definition) is 1. The summed E-state index contributed by atoms with van der Waals surface area (Å²) < 4.78 is 19.2. The van der Waals surface area contributed by atoms with E-state index in [9.17, 15) is 9.18 Å². The summed E-state index contributed by atoms with van der Waals surface area (Å²) in [6.45, 7) is 3.00. The van der Waals surface area contributed by atoms with E-state index in [-0.39, 0.29) is 23.7 Å². The van der Waals surface area contributed by atoms with Gasteiger partial charge in [-0.2, -0.15) is 0 Å². The summed E-state index contributed by atoms with van der Waals surface area (Å²) in [5, 5.41) is 2.96. The van der Waals surface area contributed by atoms with Crippen molar-refractivity contribution >= 4 is 11.6 Å². The molecule has 1 saturated carbocycles. The van der Waals surface area contributed by atoms with Crippen LogP contribution in [0.15, 0.2) is 42.6 Å². The zero-order valence-electron chi connectivity index (χ0n) is 13.8. The number of pyridine rings is 1. The molecule has 4 rings (SSSR count). The maximum Gasteiger partial charge on any atom is 0.270 e. The second-order valence-electron chi connectivity index (χ2n) is 6.44. The number of rotatable bonds is 4. The maximum absolute atomic E-state index is 13.8. The van der Waals surface area contributed by atoms with E-state index in [1.807, 2.05) is 12.1 Å². The molecular formula is C19H20FN3O2. The third-order valence-electron chi connectivity index (χ3n) is 4.76. The van der Waals surface area contributed by atoms with Crippen LogP contribution in [0.1, 0.15) is 28.4 Å². The van der Waals surface area contributed by atoms with E-state index in [1.165, 1.54) is 6.07 Å². The second-order valence-corrected chi connectivity index (χ2v) is 6.44. The van der Waals surface area contributed by atoms with Crippen LogP contribution in [0.3, 0.4) is 0 Å². The van der Waals surface area contributed by atoms with Crippen LogP contribution < -0.4 is 10.2 Å². The van der Waals surface area contributed by atoms with Gasteiger partial charge < -0.3 is 15.0 Å². The van der Waals surface area contributed by atoms with Crippen LogP contribution in [0.4, 0.5) is 10.1 Å². The molecular weight excluding hydrogens is 321 g/mol. The predicted molar refractivity (Wildman–Crippen MR) is 92.3 cm³/mol. The number of carbonyl (C=O) groups is 1. The lowest BCUT2D eigenvalue weighted by atomic mass is 10.1. The van der Waals surface area contributed by atoms with Crippen molar-refractivity contribution in [1.82, 2.24) is 10.3 Å². The van der Waals surface area contributed by atoms with Gasteiger partial charge in [-0.05, 0) is 30.2 Å². The molecule has 0 radical (unpaired) electrons. The molecule has 25 heavy (non-hydrogen) atoms. The van der Waals surface area contributed by atoms with Crippen LogP contribution in [-0.4, -0.2) is 43.2 Å². The van der Waals surface area contributed by atoms with Gasteiger partial charge in [0.15, 0.2) is 0 Å². The van der Waals surface area contributed by atoms with Crippen molar-refractivity contribution in [3.8, 4) is 0 Å². The molecule has 2 fully saturated rings. The number of nitrogens with zero attached hydrogens (tertiary/aromatic N) is 2. The topological polar surface area (TPSA) is 54.5 Å². The molecule has 2 aromatic rings. The highest BCUT2D eigenvalue weighted by Crippen LogP contribution is 2.41. The fourth-order valence-electron chi connectivity index (χ4n) is 3.28.